The summed E-state index contributed by atoms with van der Waals surface area (Å²) >= 11 is 0. The Morgan fingerprint density at radius 3 is 1.41 bits per heavy atom. The number of nitrogens with one attached hydrogen (secondary N) is 1. The van der Waals surface area contributed by atoms with Crippen molar-refractivity contribution in [1.29, 1.82) is 0 Å². The lowest BCUT2D eigenvalue weighted by molar-refractivity contribution is 0.794. The summed E-state index contributed by atoms with van der Waals surface area (Å²) in [5.41, 5.74) is 17.3. The molecule has 1 nitrogen and oxygen atoms in total. The molecule has 0 saturated carbocycles. The quantitative estimate of drug-likeness (QED) is 0.226. The molecule has 9 rings (SSSR count). The van der Waals surface area contributed by atoms with Crippen LogP contribution >= 0.6 is 0 Å². The second-order valence-electron chi connectivity index (χ2n) is 11.8. The molecule has 0 radical (unpaired) electrons. The molecule has 2 aliphatic carbocycles. The van der Waals surface area contributed by atoms with Crippen molar-refractivity contribution in [1.82, 2.24) is 0 Å². The lowest BCUT2D eigenvalue weighted by Gasteiger charge is -2.30. The van der Waals surface area contributed by atoms with Crippen LogP contribution in [0.15, 0.2) is 170 Å². The molecule has 0 heterocycles. The van der Waals surface area contributed by atoms with Crippen LogP contribution in [0.2, 0.25) is 0 Å². The highest BCUT2D eigenvalue weighted by molar-refractivity contribution is 5.96. The number of hydrogen-bond acceptors (Lipinski definition) is 1. The summed E-state index contributed by atoms with van der Waals surface area (Å²) in [6, 6.07) is 61.9. The maximum absolute atomic E-state index is 3.86. The number of anilines is 2. The van der Waals surface area contributed by atoms with Crippen molar-refractivity contribution in [2.24, 2.45) is 0 Å². The lowest BCUT2D eigenvalue weighted by Crippen LogP contribution is -2.25. The monoisotopic (exact) mass is 559 g/mol. The Labute approximate surface area is 258 Å². The number of hydrogen-bond donors (Lipinski definition) is 1. The average Bonchev–Trinajstić information content (AvgIpc) is 3.56. The fraction of sp³-hybridized carbons (Fsp3) is 0.0233. The Kier molecular flexibility index (Phi) is 5.48. The molecule has 44 heavy (non-hydrogen) atoms. The average molecular weight is 560 g/mol. The van der Waals surface area contributed by atoms with E-state index in [0.29, 0.717) is 0 Å². The molecule has 2 aliphatic rings. The maximum atomic E-state index is 3.86. The molecular formula is C43H29N. The Bertz CT molecular complexity index is 2130. The third-order valence-electron chi connectivity index (χ3n) is 9.49. The maximum Gasteiger partial charge on any atom is 0.0726 e. The third-order valence-corrected chi connectivity index (χ3v) is 9.49. The zero-order valence-corrected chi connectivity index (χ0v) is 24.2. The van der Waals surface area contributed by atoms with Gasteiger partial charge < -0.3 is 5.32 Å². The van der Waals surface area contributed by atoms with Crippen LogP contribution in [-0.2, 0) is 5.41 Å². The molecule has 1 spiro atoms. The minimum absolute atomic E-state index is 0.351. The van der Waals surface area contributed by atoms with E-state index in [1.165, 1.54) is 66.8 Å². The van der Waals surface area contributed by atoms with Crippen LogP contribution in [0.1, 0.15) is 22.3 Å². The highest BCUT2D eigenvalue weighted by Crippen LogP contribution is 2.63. The highest BCUT2D eigenvalue weighted by Gasteiger charge is 2.51. The van der Waals surface area contributed by atoms with Crippen LogP contribution in [-0.4, -0.2) is 0 Å². The second kappa shape index (κ2) is 9.69. The molecule has 0 unspecified atom stereocenters. The van der Waals surface area contributed by atoms with E-state index in [9.17, 15) is 0 Å². The smallest absolute Gasteiger partial charge is 0.0726 e. The molecule has 0 amide bonds. The van der Waals surface area contributed by atoms with Crippen LogP contribution in [0.25, 0.3) is 44.5 Å². The van der Waals surface area contributed by atoms with Crippen molar-refractivity contribution in [3.63, 3.8) is 0 Å². The molecule has 1 N–H and O–H groups in total. The van der Waals surface area contributed by atoms with Crippen LogP contribution < -0.4 is 5.32 Å². The van der Waals surface area contributed by atoms with Crippen molar-refractivity contribution in [2.45, 2.75) is 5.41 Å². The van der Waals surface area contributed by atoms with Gasteiger partial charge in [0, 0.05) is 16.9 Å². The number of rotatable bonds is 4. The Morgan fingerprint density at radius 2 is 0.818 bits per heavy atom. The molecule has 206 valence electrons. The van der Waals surface area contributed by atoms with E-state index in [1.807, 2.05) is 0 Å². The first kappa shape index (κ1) is 24.9. The molecule has 0 fully saturated rings. The third kappa shape index (κ3) is 3.53. The SMILES string of the molecule is c1ccc(-c2ccc(Nc3ccc4c(c3)C3(c5ccccc5-c5ccccc53)c3ccccc3-4)c(-c3ccccc3)c2)cc1. The standard InChI is InChI=1S/C43H29N/c1-3-13-29(14-4-1)31-23-26-42(37(27-31)30-15-5-2-6-16-30)44-32-24-25-36-35-19-9-12-22-40(35)43(41(36)28-32)38-20-10-7-17-33(38)34-18-8-11-21-39(34)43/h1-28,44H. The summed E-state index contributed by atoms with van der Waals surface area (Å²) in [5.74, 6) is 0. The van der Waals surface area contributed by atoms with E-state index >= 15 is 0 Å². The minimum Gasteiger partial charge on any atom is -0.355 e. The molecule has 0 aromatic heterocycles. The van der Waals surface area contributed by atoms with Gasteiger partial charge in [-0.25, -0.2) is 0 Å². The Morgan fingerprint density at radius 1 is 0.318 bits per heavy atom. The molecule has 7 aromatic carbocycles. The zero-order chi connectivity index (χ0) is 29.1. The second-order valence-corrected chi connectivity index (χ2v) is 11.8. The Balaban J connectivity index is 1.23. The van der Waals surface area contributed by atoms with Crippen molar-refractivity contribution in [2.75, 3.05) is 5.32 Å². The summed E-state index contributed by atoms with van der Waals surface area (Å²) in [6.07, 6.45) is 0. The van der Waals surface area contributed by atoms with Crippen molar-refractivity contribution in [3.05, 3.63) is 192 Å². The lowest BCUT2D eigenvalue weighted by atomic mass is 9.70. The summed E-state index contributed by atoms with van der Waals surface area (Å²) in [6.45, 7) is 0. The van der Waals surface area contributed by atoms with Crippen molar-refractivity contribution >= 4 is 11.4 Å². The molecule has 0 aliphatic heterocycles. The predicted molar refractivity (Wildman–Crippen MR) is 183 cm³/mol. The van der Waals surface area contributed by atoms with Gasteiger partial charge in [-0.05, 0) is 85.5 Å². The topological polar surface area (TPSA) is 12.0 Å². The largest absolute Gasteiger partial charge is 0.355 e. The molecule has 0 atom stereocenters. The van der Waals surface area contributed by atoms with Gasteiger partial charge in [0.25, 0.3) is 0 Å². The number of fused-ring (bicyclic) bond motifs is 10. The summed E-state index contributed by atoms with van der Waals surface area (Å²) in [7, 11) is 0. The predicted octanol–water partition coefficient (Wildman–Crippen LogP) is 11.1. The molecular weight excluding hydrogens is 530 g/mol. The normalized spacial score (nSPS) is 13.2. The fourth-order valence-electron chi connectivity index (χ4n) is 7.65. The van der Waals surface area contributed by atoms with Gasteiger partial charge in [-0.2, -0.15) is 0 Å². The van der Waals surface area contributed by atoms with E-state index < -0.39 is 0 Å². The zero-order valence-electron chi connectivity index (χ0n) is 24.2. The van der Waals surface area contributed by atoms with Gasteiger partial charge in [0.2, 0.25) is 0 Å². The fourth-order valence-corrected chi connectivity index (χ4v) is 7.65. The molecule has 0 saturated heterocycles. The first-order valence-corrected chi connectivity index (χ1v) is 15.3. The molecule has 0 bridgehead atoms. The van der Waals surface area contributed by atoms with Gasteiger partial charge in [-0.3, -0.25) is 0 Å². The molecule has 1 heteroatoms. The van der Waals surface area contributed by atoms with E-state index in [0.717, 1.165) is 11.4 Å². The number of benzene rings is 7. The van der Waals surface area contributed by atoms with Gasteiger partial charge in [0.05, 0.1) is 5.41 Å². The summed E-state index contributed by atoms with van der Waals surface area (Å²) in [4.78, 5) is 0. The summed E-state index contributed by atoms with van der Waals surface area (Å²) < 4.78 is 0. The van der Waals surface area contributed by atoms with E-state index in [-0.39, 0.29) is 5.41 Å². The first-order chi connectivity index (χ1) is 21.8. The van der Waals surface area contributed by atoms with Crippen LogP contribution in [0.5, 0.6) is 0 Å². The van der Waals surface area contributed by atoms with Gasteiger partial charge in [0.1, 0.15) is 0 Å². The van der Waals surface area contributed by atoms with Gasteiger partial charge in [0.15, 0.2) is 0 Å². The van der Waals surface area contributed by atoms with E-state index in [1.54, 1.807) is 0 Å². The van der Waals surface area contributed by atoms with Crippen LogP contribution in [0, 0.1) is 0 Å². The van der Waals surface area contributed by atoms with Gasteiger partial charge in [-0.15, -0.1) is 0 Å². The van der Waals surface area contributed by atoms with Crippen molar-refractivity contribution < 1.29 is 0 Å². The molecule has 7 aromatic rings. The Hall–Kier alpha value is -5.66. The first-order valence-electron chi connectivity index (χ1n) is 15.3. The van der Waals surface area contributed by atoms with Gasteiger partial charge in [-0.1, -0.05) is 146 Å². The van der Waals surface area contributed by atoms with Crippen LogP contribution in [0.4, 0.5) is 11.4 Å². The van der Waals surface area contributed by atoms with Crippen LogP contribution in [0.3, 0.4) is 0 Å². The van der Waals surface area contributed by atoms with Gasteiger partial charge >= 0.3 is 0 Å². The van der Waals surface area contributed by atoms with E-state index in [2.05, 4.69) is 175 Å². The van der Waals surface area contributed by atoms with E-state index in [4.69, 9.17) is 0 Å². The minimum atomic E-state index is -0.351. The summed E-state index contributed by atoms with van der Waals surface area (Å²) in [5, 5.41) is 3.86. The highest BCUT2D eigenvalue weighted by atomic mass is 14.9. The van der Waals surface area contributed by atoms with Crippen molar-refractivity contribution in [3.8, 4) is 44.5 Å².